The Kier molecular flexibility index (Phi) is 7.53. The van der Waals surface area contributed by atoms with Crippen LogP contribution in [0.25, 0.3) is 0 Å². The largest absolute Gasteiger partial charge is 0.487 e. The van der Waals surface area contributed by atoms with E-state index in [2.05, 4.69) is 32.7 Å². The quantitative estimate of drug-likeness (QED) is 0.552. The van der Waals surface area contributed by atoms with Crippen LogP contribution >= 0.6 is 11.6 Å². The van der Waals surface area contributed by atoms with Crippen molar-refractivity contribution in [1.29, 1.82) is 0 Å². The van der Waals surface area contributed by atoms with Crippen molar-refractivity contribution in [1.82, 2.24) is 20.8 Å². The predicted octanol–water partition coefficient (Wildman–Crippen LogP) is 2.94. The molecule has 0 aliphatic heterocycles. The van der Waals surface area contributed by atoms with E-state index in [9.17, 15) is 0 Å². The number of halogens is 1. The molecule has 0 amide bonds. The van der Waals surface area contributed by atoms with Crippen molar-refractivity contribution >= 4 is 17.6 Å². The van der Waals surface area contributed by atoms with Crippen molar-refractivity contribution in [3.63, 3.8) is 0 Å². The van der Waals surface area contributed by atoms with Crippen molar-refractivity contribution in [3.05, 3.63) is 41.0 Å². The van der Waals surface area contributed by atoms with Crippen LogP contribution in [-0.2, 0) is 6.54 Å². The van der Waals surface area contributed by atoms with Gasteiger partial charge in [-0.05, 0) is 25.5 Å². The van der Waals surface area contributed by atoms with Gasteiger partial charge in [0.15, 0.2) is 11.8 Å². The molecule has 0 saturated heterocycles. The zero-order chi connectivity index (χ0) is 18.1. The van der Waals surface area contributed by atoms with Gasteiger partial charge in [0.1, 0.15) is 18.4 Å². The van der Waals surface area contributed by atoms with E-state index in [1.165, 1.54) is 0 Å². The number of ether oxygens (including phenoxy) is 1. The molecule has 2 rings (SSSR count). The Balaban J connectivity index is 1.92. The van der Waals surface area contributed by atoms with Crippen LogP contribution in [0, 0.1) is 6.92 Å². The van der Waals surface area contributed by atoms with Gasteiger partial charge in [-0.15, -0.1) is 0 Å². The molecule has 0 bridgehead atoms. The topological polar surface area (TPSA) is 84.6 Å². The molecule has 2 N–H and O–H groups in total. The highest BCUT2D eigenvalue weighted by molar-refractivity contribution is 6.32. The van der Waals surface area contributed by atoms with Crippen LogP contribution in [-0.4, -0.2) is 35.3 Å². The van der Waals surface area contributed by atoms with E-state index in [1.54, 1.807) is 6.92 Å². The maximum absolute atomic E-state index is 6.15. The molecular formula is C17H24ClN5O2. The molecule has 0 radical (unpaired) electrons. The van der Waals surface area contributed by atoms with Crippen LogP contribution in [0.1, 0.15) is 32.0 Å². The van der Waals surface area contributed by atoms with Crippen molar-refractivity contribution in [3.8, 4) is 5.75 Å². The van der Waals surface area contributed by atoms with E-state index in [0.717, 1.165) is 13.0 Å². The number of aryl methyl sites for hydroxylation is 1. The number of nitrogens with one attached hydrogen (secondary N) is 2. The Morgan fingerprint density at radius 2 is 2.12 bits per heavy atom. The lowest BCUT2D eigenvalue weighted by Crippen LogP contribution is -2.42. The lowest BCUT2D eigenvalue weighted by Gasteiger charge is -2.20. The number of aromatic nitrogens is 2. The molecule has 0 aliphatic rings. The van der Waals surface area contributed by atoms with Crippen molar-refractivity contribution in [2.75, 3.05) is 13.1 Å². The van der Waals surface area contributed by atoms with Gasteiger partial charge in [0.2, 0.25) is 5.89 Å². The molecule has 136 valence electrons. The number of para-hydroxylation sites is 1. The van der Waals surface area contributed by atoms with Gasteiger partial charge in [-0.25, -0.2) is 4.99 Å². The van der Waals surface area contributed by atoms with E-state index in [4.69, 9.17) is 20.9 Å². The fourth-order valence-corrected chi connectivity index (χ4v) is 2.28. The van der Waals surface area contributed by atoms with Gasteiger partial charge in [-0.2, -0.15) is 4.98 Å². The molecule has 0 aliphatic carbocycles. The van der Waals surface area contributed by atoms with Crippen LogP contribution in [0.5, 0.6) is 5.75 Å². The van der Waals surface area contributed by atoms with Gasteiger partial charge < -0.3 is 19.9 Å². The number of nitrogens with zero attached hydrogens (tertiary/aromatic N) is 3. The number of aliphatic imine (C=N–C) groups is 1. The SMILES string of the molecule is CCNC(=NCc1noc(C)n1)NCC(CC)Oc1ccccc1Cl. The zero-order valence-corrected chi connectivity index (χ0v) is 15.5. The second-order valence-electron chi connectivity index (χ2n) is 5.38. The molecule has 25 heavy (non-hydrogen) atoms. The summed E-state index contributed by atoms with van der Waals surface area (Å²) in [6.07, 6.45) is 0.804. The Hall–Kier alpha value is -2.28. The van der Waals surface area contributed by atoms with Gasteiger partial charge >= 0.3 is 0 Å². The molecular weight excluding hydrogens is 342 g/mol. The highest BCUT2D eigenvalue weighted by atomic mass is 35.5. The first-order valence-corrected chi connectivity index (χ1v) is 8.72. The third-order valence-electron chi connectivity index (χ3n) is 3.38. The fraction of sp³-hybridized carbons (Fsp3) is 0.471. The lowest BCUT2D eigenvalue weighted by molar-refractivity contribution is 0.199. The maximum atomic E-state index is 6.15. The van der Waals surface area contributed by atoms with Gasteiger partial charge in [0, 0.05) is 13.5 Å². The average molecular weight is 366 g/mol. The summed E-state index contributed by atoms with van der Waals surface area (Å²) in [4.78, 5) is 8.60. The monoisotopic (exact) mass is 365 g/mol. The summed E-state index contributed by atoms with van der Waals surface area (Å²) in [6, 6.07) is 7.46. The molecule has 8 heteroatoms. The molecule has 7 nitrogen and oxygen atoms in total. The summed E-state index contributed by atoms with van der Waals surface area (Å²) >= 11 is 6.15. The van der Waals surface area contributed by atoms with E-state index >= 15 is 0 Å². The van der Waals surface area contributed by atoms with Gasteiger partial charge in [0.25, 0.3) is 0 Å². The average Bonchev–Trinajstić information content (AvgIpc) is 3.03. The number of hydrogen-bond acceptors (Lipinski definition) is 5. The third-order valence-corrected chi connectivity index (χ3v) is 3.69. The molecule has 0 spiro atoms. The first kappa shape index (κ1) is 19.1. The summed E-state index contributed by atoms with van der Waals surface area (Å²) in [7, 11) is 0. The minimum Gasteiger partial charge on any atom is -0.487 e. The second-order valence-corrected chi connectivity index (χ2v) is 5.79. The molecule has 1 unspecified atom stereocenters. The van der Waals surface area contributed by atoms with Crippen LogP contribution < -0.4 is 15.4 Å². The Labute approximate surface area is 152 Å². The van der Waals surface area contributed by atoms with Crippen LogP contribution in [0.15, 0.2) is 33.8 Å². The highest BCUT2D eigenvalue weighted by Crippen LogP contribution is 2.24. The van der Waals surface area contributed by atoms with Crippen molar-refractivity contribution < 1.29 is 9.26 Å². The standard InChI is InChI=1S/C17H24ClN5O2/c1-4-13(24-15-9-7-6-8-14(15)18)10-20-17(19-5-2)21-11-16-22-12(3)25-23-16/h6-9,13H,4-5,10-11H2,1-3H3,(H2,19,20,21). The minimum atomic E-state index is -0.0313. The smallest absolute Gasteiger partial charge is 0.223 e. The van der Waals surface area contributed by atoms with Gasteiger partial charge in [-0.1, -0.05) is 35.8 Å². The Morgan fingerprint density at radius 1 is 1.32 bits per heavy atom. The fourth-order valence-electron chi connectivity index (χ4n) is 2.10. The molecule has 0 fully saturated rings. The van der Waals surface area contributed by atoms with Crippen LogP contribution in [0.4, 0.5) is 0 Å². The summed E-state index contributed by atoms with van der Waals surface area (Å²) in [5.41, 5.74) is 0. The minimum absolute atomic E-state index is 0.0313. The van der Waals surface area contributed by atoms with Crippen LogP contribution in [0.3, 0.4) is 0 Å². The first-order valence-electron chi connectivity index (χ1n) is 8.34. The highest BCUT2D eigenvalue weighted by Gasteiger charge is 2.11. The van der Waals surface area contributed by atoms with Crippen molar-refractivity contribution in [2.24, 2.45) is 4.99 Å². The number of hydrogen-bond donors (Lipinski definition) is 2. The third kappa shape index (κ3) is 6.26. The maximum Gasteiger partial charge on any atom is 0.223 e. The predicted molar refractivity (Wildman–Crippen MR) is 98.0 cm³/mol. The number of benzene rings is 1. The molecule has 0 saturated carbocycles. The lowest BCUT2D eigenvalue weighted by atomic mass is 10.2. The van der Waals surface area contributed by atoms with E-state index in [-0.39, 0.29) is 6.10 Å². The summed E-state index contributed by atoms with van der Waals surface area (Å²) in [6.45, 7) is 7.51. The first-order chi connectivity index (χ1) is 12.1. The summed E-state index contributed by atoms with van der Waals surface area (Å²) in [5, 5.41) is 10.9. The Bertz CT molecular complexity index is 689. The molecule has 1 aromatic heterocycles. The normalized spacial score (nSPS) is 12.7. The summed E-state index contributed by atoms with van der Waals surface area (Å²) < 4.78 is 10.9. The molecule has 1 heterocycles. The summed E-state index contributed by atoms with van der Waals surface area (Å²) in [5.74, 6) is 2.43. The van der Waals surface area contributed by atoms with E-state index in [1.807, 2.05) is 31.2 Å². The van der Waals surface area contributed by atoms with E-state index < -0.39 is 0 Å². The number of guanidine groups is 1. The molecule has 2 aromatic rings. The van der Waals surface area contributed by atoms with E-state index in [0.29, 0.717) is 41.5 Å². The Morgan fingerprint density at radius 3 is 2.76 bits per heavy atom. The van der Waals surface area contributed by atoms with Gasteiger partial charge in [0.05, 0.1) is 11.6 Å². The number of rotatable bonds is 8. The van der Waals surface area contributed by atoms with Gasteiger partial charge in [-0.3, -0.25) is 0 Å². The zero-order valence-electron chi connectivity index (χ0n) is 14.8. The van der Waals surface area contributed by atoms with Crippen molar-refractivity contribution in [2.45, 2.75) is 39.8 Å². The van der Waals surface area contributed by atoms with Crippen LogP contribution in [0.2, 0.25) is 5.02 Å². The molecule has 1 aromatic carbocycles. The second kappa shape index (κ2) is 9.88. The molecule has 1 atom stereocenters.